The molecule has 1 heterocycles. The molecule has 6 nitrogen and oxygen atoms in total. The molecule has 0 bridgehead atoms. The molecule has 3 aromatic rings. The number of fused-ring (bicyclic) bond motifs is 1. The Labute approximate surface area is 140 Å². The number of hydrogen-bond donors (Lipinski definition) is 2. The van der Waals surface area contributed by atoms with E-state index in [1.165, 1.54) is 4.90 Å². The van der Waals surface area contributed by atoms with Crippen LogP contribution >= 0.6 is 0 Å². The van der Waals surface area contributed by atoms with Crippen molar-refractivity contribution in [1.82, 2.24) is 14.5 Å². The van der Waals surface area contributed by atoms with E-state index in [4.69, 9.17) is 11.1 Å². The second-order valence-corrected chi connectivity index (χ2v) is 5.49. The van der Waals surface area contributed by atoms with Crippen LogP contribution in [0.4, 0.5) is 0 Å². The number of nitrogens with one attached hydrogen (secondary N) is 1. The van der Waals surface area contributed by atoms with Gasteiger partial charge in [0.2, 0.25) is 0 Å². The Kier molecular flexibility index (Phi) is 4.29. The predicted octanol–water partition coefficient (Wildman–Crippen LogP) is 2.98. The van der Waals surface area contributed by atoms with Gasteiger partial charge in [-0.2, -0.15) is 0 Å². The molecule has 24 heavy (non-hydrogen) atoms. The van der Waals surface area contributed by atoms with Crippen molar-refractivity contribution < 1.29 is 4.79 Å². The van der Waals surface area contributed by atoms with Crippen molar-refractivity contribution >= 4 is 22.6 Å². The van der Waals surface area contributed by atoms with Crippen molar-refractivity contribution in [2.45, 2.75) is 19.5 Å². The SMILES string of the molecule is CCC(N(C(=N)N)C(=O)c1cccc2ccccc12)n1ccnc1. The van der Waals surface area contributed by atoms with Crippen molar-refractivity contribution in [3.8, 4) is 0 Å². The predicted molar refractivity (Wildman–Crippen MR) is 93.6 cm³/mol. The average molecular weight is 321 g/mol. The maximum atomic E-state index is 13.2. The molecule has 0 radical (unpaired) electrons. The zero-order valence-electron chi connectivity index (χ0n) is 13.4. The Morgan fingerprint density at radius 2 is 2.04 bits per heavy atom. The first-order chi connectivity index (χ1) is 11.6. The van der Waals surface area contributed by atoms with Crippen molar-refractivity contribution in [1.29, 1.82) is 5.41 Å². The van der Waals surface area contributed by atoms with E-state index in [2.05, 4.69) is 4.98 Å². The third-order valence-electron chi connectivity index (χ3n) is 4.03. The molecule has 3 rings (SSSR count). The molecular formula is C18H19N5O. The van der Waals surface area contributed by atoms with Crippen molar-refractivity contribution in [2.24, 2.45) is 5.73 Å². The minimum atomic E-state index is -0.392. The van der Waals surface area contributed by atoms with Crippen LogP contribution < -0.4 is 5.73 Å². The fourth-order valence-corrected chi connectivity index (χ4v) is 2.92. The van der Waals surface area contributed by atoms with Gasteiger partial charge in [-0.15, -0.1) is 0 Å². The van der Waals surface area contributed by atoms with Gasteiger partial charge in [0.15, 0.2) is 5.96 Å². The standard InChI is InChI=1S/C18H19N5O/c1-2-16(22-11-10-21-12-22)23(18(19)20)17(24)15-9-5-7-13-6-3-4-8-14(13)15/h3-12,16H,2H2,1H3,(H3,19,20). The van der Waals surface area contributed by atoms with E-state index in [1.54, 1.807) is 29.4 Å². The first-order valence-corrected chi connectivity index (χ1v) is 7.76. The zero-order valence-corrected chi connectivity index (χ0v) is 13.4. The van der Waals surface area contributed by atoms with Crippen LogP contribution in [0.3, 0.4) is 0 Å². The lowest BCUT2D eigenvalue weighted by Crippen LogP contribution is -2.45. The normalized spacial score (nSPS) is 12.0. The van der Waals surface area contributed by atoms with E-state index in [9.17, 15) is 4.79 Å². The number of guanidine groups is 1. The maximum Gasteiger partial charge on any atom is 0.262 e. The minimum Gasteiger partial charge on any atom is -0.370 e. The summed E-state index contributed by atoms with van der Waals surface area (Å²) in [6.07, 6.45) is 5.24. The molecule has 2 aromatic carbocycles. The zero-order chi connectivity index (χ0) is 17.1. The van der Waals surface area contributed by atoms with Crippen LogP contribution in [0.15, 0.2) is 61.2 Å². The second-order valence-electron chi connectivity index (χ2n) is 5.49. The number of imidazole rings is 1. The monoisotopic (exact) mass is 321 g/mol. The van der Waals surface area contributed by atoms with Gasteiger partial charge in [0, 0.05) is 18.0 Å². The Bertz CT molecular complexity index is 867. The van der Waals surface area contributed by atoms with Gasteiger partial charge in [-0.3, -0.25) is 15.1 Å². The molecule has 0 aliphatic rings. The number of rotatable bonds is 4. The molecule has 1 unspecified atom stereocenters. The van der Waals surface area contributed by atoms with Crippen LogP contribution in [0.2, 0.25) is 0 Å². The van der Waals surface area contributed by atoms with E-state index in [0.717, 1.165) is 10.8 Å². The summed E-state index contributed by atoms with van der Waals surface area (Å²) in [5.41, 5.74) is 6.29. The minimum absolute atomic E-state index is 0.284. The number of carbonyl (C=O) groups excluding carboxylic acids is 1. The lowest BCUT2D eigenvalue weighted by Gasteiger charge is -2.30. The molecule has 0 aliphatic heterocycles. The maximum absolute atomic E-state index is 13.2. The van der Waals surface area contributed by atoms with E-state index in [-0.39, 0.29) is 11.9 Å². The summed E-state index contributed by atoms with van der Waals surface area (Å²) in [7, 11) is 0. The van der Waals surface area contributed by atoms with E-state index in [1.807, 2.05) is 43.3 Å². The van der Waals surface area contributed by atoms with Gasteiger partial charge in [-0.05, 0) is 23.3 Å². The number of hydrogen-bond acceptors (Lipinski definition) is 3. The summed E-state index contributed by atoms with van der Waals surface area (Å²) in [6, 6.07) is 13.2. The van der Waals surface area contributed by atoms with Crippen molar-refractivity contribution in [2.75, 3.05) is 0 Å². The highest BCUT2D eigenvalue weighted by Crippen LogP contribution is 2.24. The second kappa shape index (κ2) is 6.54. The van der Waals surface area contributed by atoms with E-state index < -0.39 is 6.17 Å². The molecule has 0 saturated heterocycles. The van der Waals surface area contributed by atoms with Crippen LogP contribution in [0.5, 0.6) is 0 Å². The first-order valence-electron chi connectivity index (χ1n) is 7.76. The van der Waals surface area contributed by atoms with Gasteiger partial charge in [0.1, 0.15) is 6.17 Å². The van der Waals surface area contributed by atoms with Crippen molar-refractivity contribution in [3.63, 3.8) is 0 Å². The van der Waals surface area contributed by atoms with Gasteiger partial charge < -0.3 is 10.3 Å². The quantitative estimate of drug-likeness (QED) is 0.572. The molecule has 3 N–H and O–H groups in total. The Morgan fingerprint density at radius 1 is 1.29 bits per heavy atom. The smallest absolute Gasteiger partial charge is 0.262 e. The number of benzene rings is 2. The summed E-state index contributed by atoms with van der Waals surface area (Å²) in [4.78, 5) is 18.5. The van der Waals surface area contributed by atoms with Gasteiger partial charge in [-0.25, -0.2) is 4.98 Å². The van der Waals surface area contributed by atoms with E-state index >= 15 is 0 Å². The van der Waals surface area contributed by atoms with Gasteiger partial charge >= 0.3 is 0 Å². The molecule has 122 valence electrons. The highest BCUT2D eigenvalue weighted by atomic mass is 16.2. The highest BCUT2D eigenvalue weighted by Gasteiger charge is 2.28. The lowest BCUT2D eigenvalue weighted by atomic mass is 10.0. The summed E-state index contributed by atoms with van der Waals surface area (Å²) in [6.45, 7) is 1.94. The molecular weight excluding hydrogens is 302 g/mol. The van der Waals surface area contributed by atoms with E-state index in [0.29, 0.717) is 12.0 Å². The third-order valence-corrected chi connectivity index (χ3v) is 4.03. The fraction of sp³-hybridized carbons (Fsp3) is 0.167. The highest BCUT2D eigenvalue weighted by molar-refractivity contribution is 6.12. The summed E-state index contributed by atoms with van der Waals surface area (Å²) in [5, 5.41) is 9.74. The molecule has 1 amide bonds. The summed E-state index contributed by atoms with van der Waals surface area (Å²) < 4.78 is 1.78. The van der Waals surface area contributed by atoms with Gasteiger partial charge in [-0.1, -0.05) is 43.3 Å². The summed E-state index contributed by atoms with van der Waals surface area (Å²) in [5.74, 6) is -0.576. The average Bonchev–Trinajstić information content (AvgIpc) is 3.12. The van der Waals surface area contributed by atoms with Crippen LogP contribution in [0.1, 0.15) is 29.9 Å². The Balaban J connectivity index is 2.08. The molecule has 0 fully saturated rings. The molecule has 0 spiro atoms. The van der Waals surface area contributed by atoms with Crippen LogP contribution in [0, 0.1) is 5.41 Å². The fourth-order valence-electron chi connectivity index (χ4n) is 2.92. The van der Waals surface area contributed by atoms with Crippen LogP contribution in [-0.2, 0) is 0 Å². The van der Waals surface area contributed by atoms with Gasteiger partial charge in [0.25, 0.3) is 5.91 Å². The van der Waals surface area contributed by atoms with Gasteiger partial charge in [0.05, 0.1) is 6.33 Å². The Morgan fingerprint density at radius 3 is 2.71 bits per heavy atom. The molecule has 1 atom stereocenters. The Hall–Kier alpha value is -3.15. The molecule has 6 heteroatoms. The van der Waals surface area contributed by atoms with Crippen LogP contribution in [-0.4, -0.2) is 26.3 Å². The lowest BCUT2D eigenvalue weighted by molar-refractivity contribution is 0.0745. The molecule has 1 aromatic heterocycles. The number of aromatic nitrogens is 2. The first kappa shape index (κ1) is 15.7. The molecule has 0 saturated carbocycles. The topological polar surface area (TPSA) is 88.0 Å². The number of nitrogens with zero attached hydrogens (tertiary/aromatic N) is 3. The van der Waals surface area contributed by atoms with Crippen LogP contribution in [0.25, 0.3) is 10.8 Å². The largest absolute Gasteiger partial charge is 0.370 e. The summed E-state index contributed by atoms with van der Waals surface area (Å²) >= 11 is 0. The number of nitrogens with two attached hydrogens (primary N) is 1. The number of carbonyl (C=O) groups is 1. The van der Waals surface area contributed by atoms with Crippen molar-refractivity contribution in [3.05, 3.63) is 66.7 Å². The number of amides is 1. The molecule has 0 aliphatic carbocycles. The third kappa shape index (κ3) is 2.74.